The zero-order valence-electron chi connectivity index (χ0n) is 8.06. The molecule has 0 spiro atoms. The van der Waals surface area contributed by atoms with Gasteiger partial charge in [-0.1, -0.05) is 0 Å². The number of aromatic amines is 1. The van der Waals surface area contributed by atoms with Gasteiger partial charge in [0.05, 0.1) is 5.56 Å². The van der Waals surface area contributed by atoms with Gasteiger partial charge in [-0.05, 0) is 25.1 Å². The molecule has 5 heteroatoms. The number of rotatable bonds is 3. The zero-order chi connectivity index (χ0) is 10.7. The van der Waals surface area contributed by atoms with E-state index in [-0.39, 0.29) is 5.56 Å². The summed E-state index contributed by atoms with van der Waals surface area (Å²) in [6.07, 6.45) is 3.80. The van der Waals surface area contributed by atoms with Crippen molar-refractivity contribution in [3.8, 4) is 11.3 Å². The number of nitrogens with one attached hydrogen (secondary N) is 1. The molecule has 0 atom stereocenters. The number of nitrogens with two attached hydrogens (primary N) is 1. The Kier molecular flexibility index (Phi) is 2.64. The summed E-state index contributed by atoms with van der Waals surface area (Å²) in [6, 6.07) is 3.62. The fourth-order valence-electron chi connectivity index (χ4n) is 1.43. The molecule has 0 bridgehead atoms. The van der Waals surface area contributed by atoms with Crippen LogP contribution in [0.3, 0.4) is 0 Å². The summed E-state index contributed by atoms with van der Waals surface area (Å²) in [6.45, 7) is 0.413. The minimum Gasteiger partial charge on any atom is -0.378 e. The van der Waals surface area contributed by atoms with Crippen LogP contribution in [0.1, 0.15) is 5.56 Å². The van der Waals surface area contributed by atoms with E-state index in [1.54, 1.807) is 18.5 Å². The molecule has 2 aromatic heterocycles. The van der Waals surface area contributed by atoms with Crippen molar-refractivity contribution in [1.29, 1.82) is 0 Å². The zero-order valence-corrected chi connectivity index (χ0v) is 8.06. The molecule has 0 unspecified atom stereocenters. The summed E-state index contributed by atoms with van der Waals surface area (Å²) in [4.78, 5) is 15.3. The molecule has 0 aliphatic carbocycles. The Labute approximate surface area is 85.9 Å². The quantitative estimate of drug-likeness (QED) is 0.765. The van der Waals surface area contributed by atoms with E-state index in [0.717, 1.165) is 5.56 Å². The van der Waals surface area contributed by atoms with Gasteiger partial charge in [0.25, 0.3) is 5.56 Å². The molecular weight excluding hydrogens is 194 g/mol. The SMILES string of the molecule is NCCc1c(-c2cccnc2)o[nH]c1=O. The van der Waals surface area contributed by atoms with Gasteiger partial charge in [0.15, 0.2) is 5.76 Å². The van der Waals surface area contributed by atoms with Crippen molar-refractivity contribution in [3.05, 3.63) is 40.4 Å². The molecule has 0 saturated carbocycles. The van der Waals surface area contributed by atoms with Crippen LogP contribution in [0.2, 0.25) is 0 Å². The minimum absolute atomic E-state index is 0.223. The van der Waals surface area contributed by atoms with Gasteiger partial charge in [-0.2, -0.15) is 5.16 Å². The fraction of sp³-hybridized carbons (Fsp3) is 0.200. The van der Waals surface area contributed by atoms with Gasteiger partial charge in [-0.15, -0.1) is 0 Å². The third-order valence-corrected chi connectivity index (χ3v) is 2.11. The van der Waals surface area contributed by atoms with Crippen LogP contribution in [0, 0.1) is 0 Å². The van der Waals surface area contributed by atoms with Crippen molar-refractivity contribution in [2.24, 2.45) is 5.73 Å². The Hall–Kier alpha value is -1.88. The molecule has 0 aliphatic heterocycles. The summed E-state index contributed by atoms with van der Waals surface area (Å²) in [5.41, 5.74) is 6.55. The van der Waals surface area contributed by atoms with Crippen molar-refractivity contribution in [3.63, 3.8) is 0 Å². The Balaban J connectivity index is 2.49. The standard InChI is InChI=1S/C10H11N3O2/c11-4-3-8-9(15-13-10(8)14)7-2-1-5-12-6-7/h1-2,5-6H,3-4,11H2,(H,13,14). The van der Waals surface area contributed by atoms with Crippen LogP contribution in [0.5, 0.6) is 0 Å². The number of pyridine rings is 1. The van der Waals surface area contributed by atoms with E-state index in [0.29, 0.717) is 24.3 Å². The van der Waals surface area contributed by atoms with Crippen LogP contribution in [-0.4, -0.2) is 16.7 Å². The molecule has 2 rings (SSSR count). The lowest BCUT2D eigenvalue weighted by Crippen LogP contribution is -2.12. The second kappa shape index (κ2) is 4.10. The highest BCUT2D eigenvalue weighted by atomic mass is 16.5. The lowest BCUT2D eigenvalue weighted by atomic mass is 10.1. The third kappa shape index (κ3) is 1.82. The van der Waals surface area contributed by atoms with Crippen LogP contribution in [0.15, 0.2) is 33.8 Å². The molecule has 0 amide bonds. The second-order valence-electron chi connectivity index (χ2n) is 3.12. The first-order chi connectivity index (χ1) is 7.33. The predicted octanol–water partition coefficient (Wildman–Crippen LogP) is 0.531. The summed E-state index contributed by atoms with van der Waals surface area (Å²) in [5, 5.41) is 2.31. The van der Waals surface area contributed by atoms with Crippen LogP contribution in [0.25, 0.3) is 11.3 Å². The molecule has 0 radical (unpaired) electrons. The molecule has 0 aromatic carbocycles. The number of aromatic nitrogens is 2. The molecule has 15 heavy (non-hydrogen) atoms. The van der Waals surface area contributed by atoms with Gasteiger partial charge in [0, 0.05) is 18.0 Å². The smallest absolute Gasteiger partial charge is 0.283 e. The Morgan fingerprint density at radius 2 is 2.40 bits per heavy atom. The third-order valence-electron chi connectivity index (χ3n) is 2.11. The second-order valence-corrected chi connectivity index (χ2v) is 3.12. The van der Waals surface area contributed by atoms with Gasteiger partial charge in [-0.3, -0.25) is 9.78 Å². The first-order valence-electron chi connectivity index (χ1n) is 4.63. The molecular formula is C10H11N3O2. The van der Waals surface area contributed by atoms with E-state index >= 15 is 0 Å². The molecule has 5 nitrogen and oxygen atoms in total. The Morgan fingerprint density at radius 3 is 3.07 bits per heavy atom. The lowest BCUT2D eigenvalue weighted by Gasteiger charge is -1.97. The van der Waals surface area contributed by atoms with E-state index in [2.05, 4.69) is 10.1 Å². The average molecular weight is 205 g/mol. The molecule has 0 aliphatic rings. The van der Waals surface area contributed by atoms with Crippen molar-refractivity contribution in [2.45, 2.75) is 6.42 Å². The van der Waals surface area contributed by atoms with Crippen LogP contribution < -0.4 is 11.3 Å². The lowest BCUT2D eigenvalue weighted by molar-refractivity contribution is 0.425. The van der Waals surface area contributed by atoms with Crippen molar-refractivity contribution >= 4 is 0 Å². The highest BCUT2D eigenvalue weighted by Crippen LogP contribution is 2.19. The maximum atomic E-state index is 11.4. The number of hydrogen-bond donors (Lipinski definition) is 2. The largest absolute Gasteiger partial charge is 0.378 e. The normalized spacial score (nSPS) is 10.5. The predicted molar refractivity (Wildman–Crippen MR) is 55.3 cm³/mol. The van der Waals surface area contributed by atoms with Gasteiger partial charge in [-0.25, -0.2) is 0 Å². The van der Waals surface area contributed by atoms with Crippen LogP contribution >= 0.6 is 0 Å². The van der Waals surface area contributed by atoms with E-state index < -0.39 is 0 Å². The van der Waals surface area contributed by atoms with E-state index in [9.17, 15) is 4.79 Å². The topological polar surface area (TPSA) is 84.9 Å². The first kappa shape index (κ1) is 9.67. The maximum Gasteiger partial charge on any atom is 0.283 e. The van der Waals surface area contributed by atoms with Gasteiger partial charge < -0.3 is 10.3 Å². The van der Waals surface area contributed by atoms with Gasteiger partial charge in [0.2, 0.25) is 0 Å². The summed E-state index contributed by atoms with van der Waals surface area (Å²) in [7, 11) is 0. The van der Waals surface area contributed by atoms with E-state index in [1.807, 2.05) is 6.07 Å². The monoisotopic (exact) mass is 205 g/mol. The number of H-pyrrole nitrogens is 1. The van der Waals surface area contributed by atoms with Crippen LogP contribution in [-0.2, 0) is 6.42 Å². The minimum atomic E-state index is -0.223. The molecule has 78 valence electrons. The first-order valence-corrected chi connectivity index (χ1v) is 4.63. The molecule has 0 saturated heterocycles. The van der Waals surface area contributed by atoms with E-state index in [1.165, 1.54) is 0 Å². The van der Waals surface area contributed by atoms with Crippen molar-refractivity contribution < 1.29 is 4.52 Å². The molecule has 0 fully saturated rings. The van der Waals surface area contributed by atoms with Crippen molar-refractivity contribution in [2.75, 3.05) is 6.54 Å². The highest BCUT2D eigenvalue weighted by Gasteiger charge is 2.13. The summed E-state index contributed by atoms with van der Waals surface area (Å²) < 4.78 is 5.10. The number of nitrogens with zero attached hydrogens (tertiary/aromatic N) is 1. The summed E-state index contributed by atoms with van der Waals surface area (Å²) in [5.74, 6) is 0.526. The van der Waals surface area contributed by atoms with Crippen molar-refractivity contribution in [1.82, 2.24) is 10.1 Å². The van der Waals surface area contributed by atoms with Gasteiger partial charge in [0.1, 0.15) is 0 Å². The molecule has 3 N–H and O–H groups in total. The van der Waals surface area contributed by atoms with Crippen LogP contribution in [0.4, 0.5) is 0 Å². The van der Waals surface area contributed by atoms with Gasteiger partial charge >= 0.3 is 0 Å². The fourth-order valence-corrected chi connectivity index (χ4v) is 1.43. The maximum absolute atomic E-state index is 11.4. The Morgan fingerprint density at radius 1 is 1.53 bits per heavy atom. The average Bonchev–Trinajstić information content (AvgIpc) is 2.63. The summed E-state index contributed by atoms with van der Waals surface area (Å²) >= 11 is 0. The Bertz CT molecular complexity index is 487. The molecule has 2 heterocycles. The molecule has 2 aromatic rings. The number of hydrogen-bond acceptors (Lipinski definition) is 4. The highest BCUT2D eigenvalue weighted by molar-refractivity contribution is 5.59. The van der Waals surface area contributed by atoms with E-state index in [4.69, 9.17) is 10.3 Å².